The van der Waals surface area contributed by atoms with Crippen molar-refractivity contribution in [2.75, 3.05) is 0 Å². The molecule has 0 radical (unpaired) electrons. The zero-order valence-corrected chi connectivity index (χ0v) is 8.21. The van der Waals surface area contributed by atoms with Gasteiger partial charge in [0.15, 0.2) is 0 Å². The third-order valence-corrected chi connectivity index (χ3v) is 2.16. The molecule has 3 nitrogen and oxygen atoms in total. The van der Waals surface area contributed by atoms with Crippen molar-refractivity contribution in [3.63, 3.8) is 0 Å². The van der Waals surface area contributed by atoms with Gasteiger partial charge in [-0.1, -0.05) is 19.1 Å². The Morgan fingerprint density at radius 2 is 2.27 bits per heavy atom. The van der Waals surface area contributed by atoms with Crippen LogP contribution in [0.4, 0.5) is 4.39 Å². The number of rotatable bonds is 2. The molecule has 0 spiro atoms. The lowest BCUT2D eigenvalue weighted by Gasteiger charge is -1.99. The molecule has 1 N–H and O–H groups in total. The van der Waals surface area contributed by atoms with E-state index in [4.69, 9.17) is 4.42 Å². The molecule has 1 aromatic heterocycles. The van der Waals surface area contributed by atoms with Crippen molar-refractivity contribution in [3.8, 4) is 11.3 Å². The van der Waals surface area contributed by atoms with Crippen LogP contribution in [0.15, 0.2) is 33.5 Å². The molecular weight excluding hydrogens is 197 g/mol. The van der Waals surface area contributed by atoms with Gasteiger partial charge in [0.2, 0.25) is 0 Å². The number of aromatic nitrogens is 1. The second-order valence-electron chi connectivity index (χ2n) is 3.18. The Morgan fingerprint density at radius 3 is 2.93 bits per heavy atom. The molecule has 0 fully saturated rings. The Hall–Kier alpha value is -1.84. The summed E-state index contributed by atoms with van der Waals surface area (Å²) in [6.45, 7) is 1.87. The molecule has 0 amide bonds. The minimum Gasteiger partial charge on any atom is -0.412 e. The van der Waals surface area contributed by atoms with Crippen LogP contribution in [0.5, 0.6) is 0 Å². The standard InChI is InChI=1S/C11H10FNO2/c1-2-9-10(13-11(14)15-9)7-4-3-5-8(12)6-7/h3-6H,2H2,1H3,(H,13,14). The Bertz CT molecular complexity index is 527. The smallest absolute Gasteiger partial charge is 0.412 e. The molecule has 15 heavy (non-hydrogen) atoms. The molecule has 0 unspecified atom stereocenters. The number of halogens is 1. The van der Waals surface area contributed by atoms with Crippen molar-refractivity contribution in [1.82, 2.24) is 4.98 Å². The Morgan fingerprint density at radius 1 is 1.47 bits per heavy atom. The van der Waals surface area contributed by atoms with Gasteiger partial charge in [-0.2, -0.15) is 0 Å². The molecule has 0 saturated heterocycles. The lowest BCUT2D eigenvalue weighted by atomic mass is 10.1. The minimum atomic E-state index is -0.508. The third kappa shape index (κ3) is 1.83. The van der Waals surface area contributed by atoms with Crippen molar-refractivity contribution < 1.29 is 8.81 Å². The van der Waals surface area contributed by atoms with Gasteiger partial charge in [-0.25, -0.2) is 9.18 Å². The van der Waals surface area contributed by atoms with E-state index in [0.29, 0.717) is 23.4 Å². The number of oxazole rings is 1. The maximum atomic E-state index is 13.0. The molecule has 0 saturated carbocycles. The van der Waals surface area contributed by atoms with Gasteiger partial charge >= 0.3 is 5.76 Å². The fraction of sp³-hybridized carbons (Fsp3) is 0.182. The van der Waals surface area contributed by atoms with Gasteiger partial charge < -0.3 is 4.42 Å². The van der Waals surface area contributed by atoms with Crippen molar-refractivity contribution in [3.05, 3.63) is 46.4 Å². The van der Waals surface area contributed by atoms with E-state index in [1.54, 1.807) is 12.1 Å². The number of aromatic amines is 1. The highest BCUT2D eigenvalue weighted by atomic mass is 19.1. The number of hydrogen-bond donors (Lipinski definition) is 1. The summed E-state index contributed by atoms with van der Waals surface area (Å²) in [6.07, 6.45) is 0.588. The van der Waals surface area contributed by atoms with E-state index in [1.807, 2.05) is 6.92 Å². The van der Waals surface area contributed by atoms with Gasteiger partial charge in [0.05, 0.1) is 5.69 Å². The lowest BCUT2D eigenvalue weighted by Crippen LogP contribution is -1.94. The number of aryl methyl sites for hydroxylation is 1. The van der Waals surface area contributed by atoms with Gasteiger partial charge in [-0.15, -0.1) is 0 Å². The quantitative estimate of drug-likeness (QED) is 0.821. The summed E-state index contributed by atoms with van der Waals surface area (Å²) >= 11 is 0. The van der Waals surface area contributed by atoms with Gasteiger partial charge in [-0.3, -0.25) is 4.98 Å². The van der Waals surface area contributed by atoms with E-state index in [9.17, 15) is 9.18 Å². The molecule has 1 aromatic carbocycles. The molecular formula is C11H10FNO2. The number of hydrogen-bond acceptors (Lipinski definition) is 2. The molecule has 0 bridgehead atoms. The Balaban J connectivity index is 2.57. The summed E-state index contributed by atoms with van der Waals surface area (Å²) < 4.78 is 17.9. The number of nitrogens with one attached hydrogen (secondary N) is 1. The van der Waals surface area contributed by atoms with Crippen LogP contribution in [0.3, 0.4) is 0 Å². The highest BCUT2D eigenvalue weighted by Crippen LogP contribution is 2.21. The second-order valence-corrected chi connectivity index (χ2v) is 3.18. The first-order valence-corrected chi connectivity index (χ1v) is 4.68. The lowest BCUT2D eigenvalue weighted by molar-refractivity contribution is 0.474. The maximum absolute atomic E-state index is 13.0. The Labute approximate surface area is 85.6 Å². The maximum Gasteiger partial charge on any atom is 0.416 e. The SMILES string of the molecule is CCc1oc(=O)[nH]c1-c1cccc(F)c1. The molecule has 0 aliphatic rings. The normalized spacial score (nSPS) is 10.5. The molecule has 2 aromatic rings. The van der Waals surface area contributed by atoms with E-state index in [-0.39, 0.29) is 5.82 Å². The first kappa shape index (κ1) is 9.71. The molecule has 4 heteroatoms. The predicted molar refractivity (Wildman–Crippen MR) is 54.1 cm³/mol. The van der Waals surface area contributed by atoms with Crippen LogP contribution in [0, 0.1) is 5.82 Å². The van der Waals surface area contributed by atoms with Crippen LogP contribution in [-0.4, -0.2) is 4.98 Å². The van der Waals surface area contributed by atoms with Crippen LogP contribution in [0.1, 0.15) is 12.7 Å². The first-order chi connectivity index (χ1) is 7.20. The predicted octanol–water partition coefficient (Wildman–Crippen LogP) is 2.34. The largest absolute Gasteiger partial charge is 0.416 e. The van der Waals surface area contributed by atoms with Crippen LogP contribution < -0.4 is 5.76 Å². The van der Waals surface area contributed by atoms with Crippen molar-refractivity contribution in [2.45, 2.75) is 13.3 Å². The van der Waals surface area contributed by atoms with Crippen LogP contribution in [0.25, 0.3) is 11.3 Å². The van der Waals surface area contributed by atoms with Crippen molar-refractivity contribution >= 4 is 0 Å². The topological polar surface area (TPSA) is 46.0 Å². The summed E-state index contributed by atoms with van der Waals surface area (Å²) in [6, 6.07) is 6.03. The zero-order valence-electron chi connectivity index (χ0n) is 8.21. The monoisotopic (exact) mass is 207 g/mol. The van der Waals surface area contributed by atoms with E-state index < -0.39 is 5.76 Å². The number of H-pyrrole nitrogens is 1. The molecule has 1 heterocycles. The summed E-state index contributed by atoms with van der Waals surface area (Å²) in [4.78, 5) is 13.6. The second kappa shape index (κ2) is 3.73. The van der Waals surface area contributed by atoms with E-state index in [0.717, 1.165) is 0 Å². The summed E-state index contributed by atoms with van der Waals surface area (Å²) in [5, 5.41) is 0. The Kier molecular flexibility index (Phi) is 2.41. The highest BCUT2D eigenvalue weighted by molar-refractivity contribution is 5.60. The minimum absolute atomic E-state index is 0.336. The van der Waals surface area contributed by atoms with E-state index >= 15 is 0 Å². The van der Waals surface area contributed by atoms with Gasteiger partial charge in [0, 0.05) is 12.0 Å². The van der Waals surface area contributed by atoms with Crippen LogP contribution in [-0.2, 0) is 6.42 Å². The van der Waals surface area contributed by atoms with Gasteiger partial charge in [0.25, 0.3) is 0 Å². The van der Waals surface area contributed by atoms with Crippen LogP contribution in [0.2, 0.25) is 0 Å². The highest BCUT2D eigenvalue weighted by Gasteiger charge is 2.10. The van der Waals surface area contributed by atoms with E-state index in [1.165, 1.54) is 12.1 Å². The molecule has 0 aliphatic heterocycles. The molecule has 2 rings (SSSR count). The van der Waals surface area contributed by atoms with Gasteiger partial charge in [-0.05, 0) is 12.1 Å². The molecule has 0 atom stereocenters. The van der Waals surface area contributed by atoms with Crippen LogP contribution >= 0.6 is 0 Å². The fourth-order valence-corrected chi connectivity index (χ4v) is 1.49. The van der Waals surface area contributed by atoms with Crippen molar-refractivity contribution in [1.29, 1.82) is 0 Å². The fourth-order valence-electron chi connectivity index (χ4n) is 1.49. The average molecular weight is 207 g/mol. The molecule has 0 aliphatic carbocycles. The van der Waals surface area contributed by atoms with Crippen molar-refractivity contribution in [2.24, 2.45) is 0 Å². The van der Waals surface area contributed by atoms with E-state index in [2.05, 4.69) is 4.98 Å². The summed E-state index contributed by atoms with van der Waals surface area (Å²) in [7, 11) is 0. The zero-order chi connectivity index (χ0) is 10.8. The van der Waals surface area contributed by atoms with Gasteiger partial charge in [0.1, 0.15) is 11.6 Å². The first-order valence-electron chi connectivity index (χ1n) is 4.68. The average Bonchev–Trinajstić information content (AvgIpc) is 2.59. The number of benzene rings is 1. The molecule has 78 valence electrons. The summed E-state index contributed by atoms with van der Waals surface area (Å²) in [5.74, 6) is -0.298. The third-order valence-electron chi connectivity index (χ3n) is 2.16. The summed E-state index contributed by atoms with van der Waals surface area (Å²) in [5.41, 5.74) is 1.18.